The SMILES string of the molecule is NCCc1ccc(CNCC2CCCCO2)cc1. The van der Waals surface area contributed by atoms with Crippen LogP contribution in [-0.4, -0.2) is 25.8 Å². The first-order valence-corrected chi connectivity index (χ1v) is 6.98. The van der Waals surface area contributed by atoms with Gasteiger partial charge in [-0.3, -0.25) is 0 Å². The lowest BCUT2D eigenvalue weighted by Gasteiger charge is -2.22. The highest BCUT2D eigenvalue weighted by Crippen LogP contribution is 2.12. The lowest BCUT2D eigenvalue weighted by Crippen LogP contribution is -2.31. The second-order valence-electron chi connectivity index (χ2n) is 4.97. The summed E-state index contributed by atoms with van der Waals surface area (Å²) in [4.78, 5) is 0. The first-order valence-electron chi connectivity index (χ1n) is 6.98. The Balaban J connectivity index is 1.69. The molecule has 2 rings (SSSR count). The highest BCUT2D eigenvalue weighted by atomic mass is 16.5. The van der Waals surface area contributed by atoms with Gasteiger partial charge in [0.05, 0.1) is 6.10 Å². The zero-order valence-corrected chi connectivity index (χ0v) is 11.0. The summed E-state index contributed by atoms with van der Waals surface area (Å²) >= 11 is 0. The highest BCUT2D eigenvalue weighted by Gasteiger charge is 2.12. The zero-order chi connectivity index (χ0) is 12.6. The van der Waals surface area contributed by atoms with Gasteiger partial charge in [0.1, 0.15) is 0 Å². The minimum Gasteiger partial charge on any atom is -0.377 e. The number of benzene rings is 1. The molecule has 1 fully saturated rings. The van der Waals surface area contributed by atoms with Crippen molar-refractivity contribution in [3.05, 3.63) is 35.4 Å². The predicted octanol–water partition coefficient (Wildman–Crippen LogP) is 1.85. The number of rotatable bonds is 6. The van der Waals surface area contributed by atoms with E-state index in [1.165, 1.54) is 30.4 Å². The van der Waals surface area contributed by atoms with E-state index >= 15 is 0 Å². The largest absolute Gasteiger partial charge is 0.377 e. The Bertz CT molecular complexity index is 331. The molecule has 1 heterocycles. The van der Waals surface area contributed by atoms with Crippen LogP contribution >= 0.6 is 0 Å². The van der Waals surface area contributed by atoms with Gasteiger partial charge >= 0.3 is 0 Å². The van der Waals surface area contributed by atoms with E-state index in [-0.39, 0.29) is 0 Å². The van der Waals surface area contributed by atoms with Crippen molar-refractivity contribution < 1.29 is 4.74 Å². The molecule has 0 saturated carbocycles. The van der Waals surface area contributed by atoms with Gasteiger partial charge in [0.2, 0.25) is 0 Å². The standard InChI is InChI=1S/C15H24N2O/c16-9-8-13-4-6-14(7-5-13)11-17-12-15-3-1-2-10-18-15/h4-7,15,17H,1-3,8-12,16H2. The van der Waals surface area contributed by atoms with Crippen LogP contribution in [0.3, 0.4) is 0 Å². The van der Waals surface area contributed by atoms with Crippen LogP contribution in [0.15, 0.2) is 24.3 Å². The van der Waals surface area contributed by atoms with E-state index in [9.17, 15) is 0 Å². The van der Waals surface area contributed by atoms with E-state index < -0.39 is 0 Å². The van der Waals surface area contributed by atoms with Gasteiger partial charge in [-0.1, -0.05) is 24.3 Å². The highest BCUT2D eigenvalue weighted by molar-refractivity contribution is 5.22. The predicted molar refractivity (Wildman–Crippen MR) is 74.5 cm³/mol. The monoisotopic (exact) mass is 248 g/mol. The van der Waals surface area contributed by atoms with E-state index in [0.717, 1.165) is 32.7 Å². The van der Waals surface area contributed by atoms with Crippen molar-refractivity contribution in [3.8, 4) is 0 Å². The average Bonchev–Trinajstić information content (AvgIpc) is 2.42. The van der Waals surface area contributed by atoms with E-state index in [1.807, 2.05) is 0 Å². The van der Waals surface area contributed by atoms with Crippen LogP contribution in [0.2, 0.25) is 0 Å². The van der Waals surface area contributed by atoms with Crippen molar-refractivity contribution in [2.24, 2.45) is 5.73 Å². The molecular weight excluding hydrogens is 224 g/mol. The number of hydrogen-bond donors (Lipinski definition) is 2. The Morgan fingerprint density at radius 1 is 1.17 bits per heavy atom. The molecule has 3 nitrogen and oxygen atoms in total. The molecule has 0 bridgehead atoms. The quantitative estimate of drug-likeness (QED) is 0.807. The molecule has 3 heteroatoms. The Hall–Kier alpha value is -0.900. The molecule has 1 aliphatic heterocycles. The molecule has 0 amide bonds. The van der Waals surface area contributed by atoms with Gasteiger partial charge in [0.15, 0.2) is 0 Å². The van der Waals surface area contributed by atoms with Gasteiger partial charge in [-0.15, -0.1) is 0 Å². The van der Waals surface area contributed by atoms with Gasteiger partial charge < -0.3 is 15.8 Å². The topological polar surface area (TPSA) is 47.3 Å². The second-order valence-corrected chi connectivity index (χ2v) is 4.97. The molecule has 1 atom stereocenters. The molecule has 18 heavy (non-hydrogen) atoms. The fraction of sp³-hybridized carbons (Fsp3) is 0.600. The molecule has 1 aromatic carbocycles. The first kappa shape index (κ1) is 13.5. The molecule has 0 spiro atoms. The third-order valence-electron chi connectivity index (χ3n) is 3.43. The van der Waals surface area contributed by atoms with E-state index in [4.69, 9.17) is 10.5 Å². The first-order chi connectivity index (χ1) is 8.88. The summed E-state index contributed by atoms with van der Waals surface area (Å²) in [5.41, 5.74) is 8.18. The Morgan fingerprint density at radius 2 is 1.94 bits per heavy atom. The second kappa shape index (κ2) is 7.52. The summed E-state index contributed by atoms with van der Waals surface area (Å²) in [7, 11) is 0. The van der Waals surface area contributed by atoms with Gasteiger partial charge in [0, 0.05) is 19.7 Å². The minimum atomic E-state index is 0.412. The summed E-state index contributed by atoms with van der Waals surface area (Å²) in [6.45, 7) is 3.53. The van der Waals surface area contributed by atoms with Crippen LogP contribution in [0.5, 0.6) is 0 Å². The average molecular weight is 248 g/mol. The van der Waals surface area contributed by atoms with Gasteiger partial charge in [0.25, 0.3) is 0 Å². The van der Waals surface area contributed by atoms with Crippen LogP contribution in [0, 0.1) is 0 Å². The molecule has 1 aromatic rings. The van der Waals surface area contributed by atoms with Crippen molar-refractivity contribution in [1.82, 2.24) is 5.32 Å². The summed E-state index contributed by atoms with van der Waals surface area (Å²) in [5.74, 6) is 0. The van der Waals surface area contributed by atoms with Crippen LogP contribution in [-0.2, 0) is 17.7 Å². The zero-order valence-electron chi connectivity index (χ0n) is 11.0. The molecule has 100 valence electrons. The fourth-order valence-electron chi connectivity index (χ4n) is 2.34. The lowest BCUT2D eigenvalue weighted by molar-refractivity contribution is 0.0168. The van der Waals surface area contributed by atoms with Crippen LogP contribution < -0.4 is 11.1 Å². The van der Waals surface area contributed by atoms with E-state index in [1.54, 1.807) is 0 Å². The summed E-state index contributed by atoms with van der Waals surface area (Å²) in [6.07, 6.45) is 5.10. The molecule has 0 aromatic heterocycles. The molecule has 0 aliphatic carbocycles. The third kappa shape index (κ3) is 4.41. The fourth-order valence-corrected chi connectivity index (χ4v) is 2.34. The van der Waals surface area contributed by atoms with Crippen molar-refractivity contribution in [3.63, 3.8) is 0 Å². The molecule has 1 saturated heterocycles. The number of nitrogens with one attached hydrogen (secondary N) is 1. The Morgan fingerprint density at radius 3 is 2.61 bits per heavy atom. The van der Waals surface area contributed by atoms with E-state index in [0.29, 0.717) is 6.10 Å². The summed E-state index contributed by atoms with van der Waals surface area (Å²) in [5, 5.41) is 3.47. The number of hydrogen-bond acceptors (Lipinski definition) is 3. The minimum absolute atomic E-state index is 0.412. The molecule has 1 aliphatic rings. The number of nitrogens with two attached hydrogens (primary N) is 1. The van der Waals surface area contributed by atoms with Crippen molar-refractivity contribution >= 4 is 0 Å². The number of ether oxygens (including phenoxy) is 1. The third-order valence-corrected chi connectivity index (χ3v) is 3.43. The molecular formula is C15H24N2O. The molecule has 1 unspecified atom stereocenters. The van der Waals surface area contributed by atoms with Crippen molar-refractivity contribution in [2.45, 2.75) is 38.3 Å². The van der Waals surface area contributed by atoms with Crippen molar-refractivity contribution in [1.29, 1.82) is 0 Å². The Labute approximate surface area is 110 Å². The molecule has 3 N–H and O–H groups in total. The summed E-state index contributed by atoms with van der Waals surface area (Å²) < 4.78 is 5.69. The van der Waals surface area contributed by atoms with Gasteiger partial charge in [-0.05, 0) is 43.4 Å². The van der Waals surface area contributed by atoms with Gasteiger partial charge in [-0.25, -0.2) is 0 Å². The van der Waals surface area contributed by atoms with E-state index in [2.05, 4.69) is 29.6 Å². The van der Waals surface area contributed by atoms with Crippen LogP contribution in [0.1, 0.15) is 30.4 Å². The van der Waals surface area contributed by atoms with Crippen LogP contribution in [0.4, 0.5) is 0 Å². The smallest absolute Gasteiger partial charge is 0.0699 e. The van der Waals surface area contributed by atoms with Gasteiger partial charge in [-0.2, -0.15) is 0 Å². The summed E-state index contributed by atoms with van der Waals surface area (Å²) in [6, 6.07) is 8.70. The maximum Gasteiger partial charge on any atom is 0.0699 e. The van der Waals surface area contributed by atoms with Crippen LogP contribution in [0.25, 0.3) is 0 Å². The lowest BCUT2D eigenvalue weighted by atomic mass is 10.1. The Kier molecular flexibility index (Phi) is 5.65. The maximum atomic E-state index is 5.69. The maximum absolute atomic E-state index is 5.69. The normalized spacial score (nSPS) is 19.9. The van der Waals surface area contributed by atoms with Crippen molar-refractivity contribution in [2.75, 3.05) is 19.7 Å². The molecule has 0 radical (unpaired) electrons.